The van der Waals surface area contributed by atoms with Gasteiger partial charge in [-0.2, -0.15) is 0 Å². The van der Waals surface area contributed by atoms with Crippen molar-refractivity contribution in [3.8, 4) is 5.75 Å². The molecule has 8 heteroatoms. The van der Waals surface area contributed by atoms with E-state index < -0.39 is 17.6 Å². The first-order valence-corrected chi connectivity index (χ1v) is 4.50. The highest BCUT2D eigenvalue weighted by Gasteiger charge is 2.10. The topological polar surface area (TPSA) is 119 Å². The SMILES string of the molecule is Cl.Nc1cc([N+](=O)[O-])ccc1OCC(O)CO. The third-order valence-corrected chi connectivity index (χ3v) is 1.85. The van der Waals surface area contributed by atoms with E-state index in [1.54, 1.807) is 0 Å². The first-order valence-electron chi connectivity index (χ1n) is 4.50. The zero-order chi connectivity index (χ0) is 12.1. The summed E-state index contributed by atoms with van der Waals surface area (Å²) in [6, 6.07) is 3.76. The Hall–Kier alpha value is -1.57. The van der Waals surface area contributed by atoms with Gasteiger partial charge in [-0.25, -0.2) is 0 Å². The number of halogens is 1. The van der Waals surface area contributed by atoms with Crippen LogP contribution >= 0.6 is 12.4 Å². The number of aliphatic hydroxyl groups excluding tert-OH is 2. The van der Waals surface area contributed by atoms with Crippen molar-refractivity contribution >= 4 is 23.8 Å². The monoisotopic (exact) mass is 264 g/mol. The molecule has 0 aliphatic carbocycles. The number of nitrogens with two attached hydrogens (primary N) is 1. The van der Waals surface area contributed by atoms with Gasteiger partial charge in [0, 0.05) is 12.1 Å². The highest BCUT2D eigenvalue weighted by Crippen LogP contribution is 2.26. The van der Waals surface area contributed by atoms with Gasteiger partial charge >= 0.3 is 0 Å². The molecular weight excluding hydrogens is 252 g/mol. The van der Waals surface area contributed by atoms with Crippen LogP contribution in [0.3, 0.4) is 0 Å². The molecule has 1 rings (SSSR count). The number of ether oxygens (including phenoxy) is 1. The zero-order valence-corrected chi connectivity index (χ0v) is 9.59. The van der Waals surface area contributed by atoms with Crippen LogP contribution in [0.5, 0.6) is 5.75 Å². The molecule has 1 atom stereocenters. The number of hydrogen-bond acceptors (Lipinski definition) is 6. The zero-order valence-electron chi connectivity index (χ0n) is 8.78. The highest BCUT2D eigenvalue weighted by atomic mass is 35.5. The van der Waals surface area contributed by atoms with Crippen molar-refractivity contribution in [2.45, 2.75) is 6.10 Å². The maximum Gasteiger partial charge on any atom is 0.271 e. The van der Waals surface area contributed by atoms with E-state index >= 15 is 0 Å². The molecule has 0 saturated heterocycles. The van der Waals surface area contributed by atoms with Crippen molar-refractivity contribution in [3.05, 3.63) is 28.3 Å². The van der Waals surface area contributed by atoms with Crippen molar-refractivity contribution in [1.82, 2.24) is 0 Å². The maximum absolute atomic E-state index is 10.4. The third kappa shape index (κ3) is 4.43. The molecule has 0 bridgehead atoms. The molecule has 0 spiro atoms. The van der Waals surface area contributed by atoms with Crippen molar-refractivity contribution in [2.75, 3.05) is 18.9 Å². The Morgan fingerprint density at radius 2 is 2.18 bits per heavy atom. The van der Waals surface area contributed by atoms with Crippen molar-refractivity contribution in [1.29, 1.82) is 0 Å². The Bertz CT molecular complexity index is 388. The number of benzene rings is 1. The summed E-state index contributed by atoms with van der Waals surface area (Å²) in [5.74, 6) is 0.234. The summed E-state index contributed by atoms with van der Waals surface area (Å²) in [6.45, 7) is -0.550. The first kappa shape index (κ1) is 15.4. The van der Waals surface area contributed by atoms with E-state index in [1.165, 1.54) is 18.2 Å². The van der Waals surface area contributed by atoms with E-state index in [0.29, 0.717) is 0 Å². The molecule has 0 radical (unpaired) electrons. The molecule has 1 unspecified atom stereocenters. The van der Waals surface area contributed by atoms with Crippen LogP contribution in [0.25, 0.3) is 0 Å². The number of aliphatic hydroxyl groups is 2. The van der Waals surface area contributed by atoms with Gasteiger partial charge in [0.05, 0.1) is 17.2 Å². The number of nitrogen functional groups attached to an aromatic ring is 1. The van der Waals surface area contributed by atoms with Gasteiger partial charge in [-0.15, -0.1) is 12.4 Å². The number of rotatable bonds is 5. The van der Waals surface area contributed by atoms with Gasteiger partial charge in [-0.1, -0.05) is 0 Å². The van der Waals surface area contributed by atoms with E-state index in [4.69, 9.17) is 20.7 Å². The minimum atomic E-state index is -1.01. The molecule has 4 N–H and O–H groups in total. The summed E-state index contributed by atoms with van der Waals surface area (Å²) in [4.78, 5) is 9.85. The molecule has 0 amide bonds. The predicted octanol–water partition coefficient (Wildman–Crippen LogP) is 0.331. The molecule has 0 saturated carbocycles. The molecule has 96 valence electrons. The lowest BCUT2D eigenvalue weighted by Gasteiger charge is -2.11. The normalized spacial score (nSPS) is 11.4. The second kappa shape index (κ2) is 6.89. The quantitative estimate of drug-likeness (QED) is 0.401. The predicted molar refractivity (Wildman–Crippen MR) is 63.3 cm³/mol. The van der Waals surface area contributed by atoms with Crippen molar-refractivity contribution in [3.63, 3.8) is 0 Å². The summed E-state index contributed by atoms with van der Waals surface area (Å²) >= 11 is 0. The lowest BCUT2D eigenvalue weighted by atomic mass is 10.2. The number of nitro groups is 1. The average Bonchev–Trinajstić information content (AvgIpc) is 2.26. The number of nitro benzene ring substituents is 1. The third-order valence-electron chi connectivity index (χ3n) is 1.85. The second-order valence-corrected chi connectivity index (χ2v) is 3.13. The summed E-state index contributed by atoms with van der Waals surface area (Å²) in [5.41, 5.74) is 5.49. The van der Waals surface area contributed by atoms with Gasteiger partial charge in [-0.05, 0) is 6.07 Å². The first-order chi connectivity index (χ1) is 7.54. The lowest BCUT2D eigenvalue weighted by molar-refractivity contribution is -0.384. The molecule has 17 heavy (non-hydrogen) atoms. The summed E-state index contributed by atoms with van der Waals surface area (Å²) in [7, 11) is 0. The summed E-state index contributed by atoms with van der Waals surface area (Å²) in [5, 5.41) is 28.0. The Labute approximate surface area is 103 Å². The van der Waals surface area contributed by atoms with Gasteiger partial charge in [-0.3, -0.25) is 10.1 Å². The van der Waals surface area contributed by atoms with Crippen molar-refractivity contribution in [2.24, 2.45) is 0 Å². The largest absolute Gasteiger partial charge is 0.489 e. The minimum absolute atomic E-state index is 0. The van der Waals surface area contributed by atoms with Crippen LogP contribution in [-0.2, 0) is 0 Å². The fourth-order valence-corrected chi connectivity index (χ4v) is 1.02. The van der Waals surface area contributed by atoms with Gasteiger partial charge in [0.25, 0.3) is 5.69 Å². The summed E-state index contributed by atoms with van der Waals surface area (Å²) < 4.78 is 5.07. The molecule has 0 fully saturated rings. The van der Waals surface area contributed by atoms with Crippen LogP contribution in [0, 0.1) is 10.1 Å². The number of non-ortho nitro benzene ring substituents is 1. The van der Waals surface area contributed by atoms with E-state index in [-0.39, 0.29) is 36.1 Å². The van der Waals surface area contributed by atoms with Crippen LogP contribution in [0.4, 0.5) is 11.4 Å². The second-order valence-electron chi connectivity index (χ2n) is 3.13. The smallest absolute Gasteiger partial charge is 0.271 e. The number of anilines is 1. The maximum atomic E-state index is 10.4. The highest BCUT2D eigenvalue weighted by molar-refractivity contribution is 5.85. The Morgan fingerprint density at radius 1 is 1.53 bits per heavy atom. The van der Waals surface area contributed by atoms with E-state index in [2.05, 4.69) is 0 Å². The van der Waals surface area contributed by atoms with E-state index in [9.17, 15) is 10.1 Å². The molecule has 1 aromatic carbocycles. The van der Waals surface area contributed by atoms with Crippen LogP contribution in [0.2, 0.25) is 0 Å². The minimum Gasteiger partial charge on any atom is -0.489 e. The number of nitrogens with zero attached hydrogens (tertiary/aromatic N) is 1. The standard InChI is InChI=1S/C9H12N2O5.ClH/c10-8-3-6(11(14)15)1-2-9(8)16-5-7(13)4-12;/h1-3,7,12-13H,4-5,10H2;1H. The molecule has 0 heterocycles. The van der Waals surface area contributed by atoms with Gasteiger partial charge < -0.3 is 20.7 Å². The van der Waals surface area contributed by atoms with E-state index in [0.717, 1.165) is 0 Å². The van der Waals surface area contributed by atoms with Crippen LogP contribution in [0.15, 0.2) is 18.2 Å². The fraction of sp³-hybridized carbons (Fsp3) is 0.333. The Morgan fingerprint density at radius 3 is 2.65 bits per heavy atom. The van der Waals surface area contributed by atoms with Crippen LogP contribution in [0.1, 0.15) is 0 Å². The van der Waals surface area contributed by atoms with Gasteiger partial charge in [0.1, 0.15) is 18.5 Å². The molecule has 0 aliphatic heterocycles. The van der Waals surface area contributed by atoms with Gasteiger partial charge in [0.15, 0.2) is 0 Å². The molecular formula is C9H13ClN2O5. The lowest BCUT2D eigenvalue weighted by Crippen LogP contribution is -2.21. The van der Waals surface area contributed by atoms with Crippen LogP contribution in [-0.4, -0.2) is 34.5 Å². The molecule has 0 aromatic heterocycles. The Balaban J connectivity index is 0.00000256. The fourth-order valence-electron chi connectivity index (χ4n) is 1.02. The van der Waals surface area contributed by atoms with Crippen molar-refractivity contribution < 1.29 is 19.9 Å². The Kier molecular flexibility index (Phi) is 6.26. The number of hydrogen-bond donors (Lipinski definition) is 3. The molecule has 0 aliphatic rings. The summed E-state index contributed by atoms with van der Waals surface area (Å²) in [6.07, 6.45) is -1.01. The molecule has 1 aromatic rings. The molecule has 7 nitrogen and oxygen atoms in total. The van der Waals surface area contributed by atoms with Crippen LogP contribution < -0.4 is 10.5 Å². The van der Waals surface area contributed by atoms with Gasteiger partial charge in [0.2, 0.25) is 0 Å². The van der Waals surface area contributed by atoms with E-state index in [1.807, 2.05) is 0 Å². The average molecular weight is 265 g/mol.